The standard InChI is InChI=1S/C19H23NO4/c1-14(11-15-7-4-5-8-16(15)23-3)12-18(21)20-13-19(2,22)17-9-6-10-24-17/h4-10,12,22H,11,13H2,1-3H3,(H,20,21). The first-order valence-corrected chi connectivity index (χ1v) is 7.75. The molecule has 0 aliphatic rings. The maximum absolute atomic E-state index is 12.1. The summed E-state index contributed by atoms with van der Waals surface area (Å²) in [5.74, 6) is 0.957. The van der Waals surface area contributed by atoms with E-state index in [1.165, 1.54) is 12.3 Å². The minimum absolute atomic E-state index is 0.0672. The molecule has 1 atom stereocenters. The summed E-state index contributed by atoms with van der Waals surface area (Å²) < 4.78 is 10.5. The second kappa shape index (κ2) is 7.84. The van der Waals surface area contributed by atoms with E-state index in [0.29, 0.717) is 12.2 Å². The highest BCUT2D eigenvalue weighted by Gasteiger charge is 2.26. The van der Waals surface area contributed by atoms with Gasteiger partial charge in [-0.25, -0.2) is 0 Å². The zero-order chi connectivity index (χ0) is 17.6. The summed E-state index contributed by atoms with van der Waals surface area (Å²) in [6.07, 6.45) is 3.64. The third kappa shape index (κ3) is 4.73. The molecule has 2 N–H and O–H groups in total. The number of carbonyl (C=O) groups excluding carboxylic acids is 1. The molecule has 5 nitrogen and oxygen atoms in total. The molecule has 1 heterocycles. The molecular weight excluding hydrogens is 306 g/mol. The van der Waals surface area contributed by atoms with Crippen molar-refractivity contribution in [2.24, 2.45) is 0 Å². The Bertz CT molecular complexity index is 702. The van der Waals surface area contributed by atoms with Crippen LogP contribution in [-0.4, -0.2) is 24.7 Å². The van der Waals surface area contributed by atoms with E-state index in [9.17, 15) is 9.90 Å². The Labute approximate surface area is 141 Å². The fraction of sp³-hybridized carbons (Fsp3) is 0.316. The third-order valence-corrected chi connectivity index (χ3v) is 3.70. The van der Waals surface area contributed by atoms with Crippen molar-refractivity contribution in [3.05, 3.63) is 65.6 Å². The van der Waals surface area contributed by atoms with E-state index in [1.807, 2.05) is 31.2 Å². The quantitative estimate of drug-likeness (QED) is 0.766. The average molecular weight is 329 g/mol. The second-order valence-electron chi connectivity index (χ2n) is 5.95. The van der Waals surface area contributed by atoms with Crippen molar-refractivity contribution in [2.45, 2.75) is 25.9 Å². The van der Waals surface area contributed by atoms with Gasteiger partial charge in [-0.1, -0.05) is 23.8 Å². The molecule has 0 radical (unpaired) electrons. The Balaban J connectivity index is 1.94. The Morgan fingerprint density at radius 2 is 2.08 bits per heavy atom. The van der Waals surface area contributed by atoms with Gasteiger partial charge in [-0.15, -0.1) is 0 Å². The molecule has 0 bridgehead atoms. The first-order valence-electron chi connectivity index (χ1n) is 7.75. The molecule has 0 saturated heterocycles. The largest absolute Gasteiger partial charge is 0.496 e. The van der Waals surface area contributed by atoms with Gasteiger partial charge in [0, 0.05) is 6.08 Å². The van der Waals surface area contributed by atoms with Gasteiger partial charge in [-0.2, -0.15) is 0 Å². The minimum Gasteiger partial charge on any atom is -0.496 e. The van der Waals surface area contributed by atoms with Gasteiger partial charge in [0.05, 0.1) is 19.9 Å². The molecular formula is C19H23NO4. The fourth-order valence-electron chi connectivity index (χ4n) is 2.41. The van der Waals surface area contributed by atoms with Gasteiger partial charge in [0.15, 0.2) is 0 Å². The molecule has 0 saturated carbocycles. The highest BCUT2D eigenvalue weighted by Crippen LogP contribution is 2.21. The van der Waals surface area contributed by atoms with E-state index in [1.54, 1.807) is 26.2 Å². The van der Waals surface area contributed by atoms with Gasteiger partial charge in [-0.05, 0) is 44.0 Å². The van der Waals surface area contributed by atoms with Gasteiger partial charge in [-0.3, -0.25) is 4.79 Å². The lowest BCUT2D eigenvalue weighted by molar-refractivity contribution is -0.117. The van der Waals surface area contributed by atoms with Crippen molar-refractivity contribution < 1.29 is 19.1 Å². The molecule has 24 heavy (non-hydrogen) atoms. The zero-order valence-corrected chi connectivity index (χ0v) is 14.2. The molecule has 0 aliphatic heterocycles. The van der Waals surface area contributed by atoms with Crippen molar-refractivity contribution in [3.8, 4) is 5.75 Å². The number of benzene rings is 1. The number of ether oxygens (including phenoxy) is 1. The molecule has 0 fully saturated rings. The number of rotatable bonds is 7. The first-order chi connectivity index (χ1) is 11.4. The summed E-state index contributed by atoms with van der Waals surface area (Å²) in [5, 5.41) is 13.0. The summed E-state index contributed by atoms with van der Waals surface area (Å²) >= 11 is 0. The number of carbonyl (C=O) groups is 1. The molecule has 0 spiro atoms. The molecule has 2 aromatic rings. The van der Waals surface area contributed by atoms with Crippen LogP contribution in [0.5, 0.6) is 5.75 Å². The maximum atomic E-state index is 12.1. The lowest BCUT2D eigenvalue weighted by atomic mass is 10.0. The summed E-state index contributed by atoms with van der Waals surface area (Å²) in [6, 6.07) is 11.1. The number of nitrogens with one attached hydrogen (secondary N) is 1. The normalized spacial score (nSPS) is 14.1. The Morgan fingerprint density at radius 1 is 1.33 bits per heavy atom. The third-order valence-electron chi connectivity index (χ3n) is 3.70. The molecule has 5 heteroatoms. The summed E-state index contributed by atoms with van der Waals surface area (Å²) in [5.41, 5.74) is 0.669. The van der Waals surface area contributed by atoms with Crippen LogP contribution in [0.3, 0.4) is 0 Å². The molecule has 0 aliphatic carbocycles. The van der Waals surface area contributed by atoms with Gasteiger partial charge in [0.1, 0.15) is 17.1 Å². The Hall–Kier alpha value is -2.53. The summed E-state index contributed by atoms with van der Waals surface area (Å²) in [4.78, 5) is 12.1. The fourth-order valence-corrected chi connectivity index (χ4v) is 2.41. The van der Waals surface area contributed by atoms with Gasteiger partial charge in [0.25, 0.3) is 0 Å². The first kappa shape index (κ1) is 17.8. The van der Waals surface area contributed by atoms with Crippen molar-refractivity contribution in [3.63, 3.8) is 0 Å². The number of hydrogen-bond donors (Lipinski definition) is 2. The molecule has 1 unspecified atom stereocenters. The van der Waals surface area contributed by atoms with Crippen LogP contribution in [0.1, 0.15) is 25.2 Å². The predicted molar refractivity (Wildman–Crippen MR) is 91.7 cm³/mol. The predicted octanol–water partition coefficient (Wildman–Crippen LogP) is 2.80. The van der Waals surface area contributed by atoms with E-state index in [-0.39, 0.29) is 12.5 Å². The number of hydrogen-bond acceptors (Lipinski definition) is 4. The smallest absolute Gasteiger partial charge is 0.244 e. The highest BCUT2D eigenvalue weighted by atomic mass is 16.5. The molecule has 2 rings (SSSR count). The van der Waals surface area contributed by atoms with E-state index in [2.05, 4.69) is 5.32 Å². The minimum atomic E-state index is -1.25. The topological polar surface area (TPSA) is 71.7 Å². The van der Waals surface area contributed by atoms with E-state index in [4.69, 9.17) is 9.15 Å². The Morgan fingerprint density at radius 3 is 2.75 bits per heavy atom. The lowest BCUT2D eigenvalue weighted by Crippen LogP contribution is -2.37. The molecule has 1 aromatic heterocycles. The SMILES string of the molecule is COc1ccccc1CC(C)=CC(=O)NCC(C)(O)c1ccco1. The summed E-state index contributed by atoms with van der Waals surface area (Å²) in [6.45, 7) is 3.55. The van der Waals surface area contributed by atoms with Crippen LogP contribution in [0.15, 0.2) is 58.7 Å². The number of para-hydroxylation sites is 1. The van der Waals surface area contributed by atoms with Crippen LogP contribution >= 0.6 is 0 Å². The van der Waals surface area contributed by atoms with Gasteiger partial charge < -0.3 is 19.6 Å². The number of methoxy groups -OCH3 is 1. The lowest BCUT2D eigenvalue weighted by Gasteiger charge is -2.20. The number of amides is 1. The molecule has 1 amide bonds. The molecule has 128 valence electrons. The van der Waals surface area contributed by atoms with Crippen molar-refractivity contribution in [1.29, 1.82) is 0 Å². The monoisotopic (exact) mass is 329 g/mol. The van der Waals surface area contributed by atoms with E-state index < -0.39 is 5.60 Å². The van der Waals surface area contributed by atoms with Crippen LogP contribution in [0.25, 0.3) is 0 Å². The average Bonchev–Trinajstić information content (AvgIpc) is 3.09. The van der Waals surface area contributed by atoms with Crippen LogP contribution in [0.4, 0.5) is 0 Å². The highest BCUT2D eigenvalue weighted by molar-refractivity contribution is 5.88. The number of furan rings is 1. The second-order valence-corrected chi connectivity index (χ2v) is 5.95. The van der Waals surface area contributed by atoms with Crippen LogP contribution in [0.2, 0.25) is 0 Å². The zero-order valence-electron chi connectivity index (χ0n) is 14.2. The van der Waals surface area contributed by atoms with Crippen LogP contribution in [0, 0.1) is 0 Å². The van der Waals surface area contributed by atoms with Gasteiger partial charge in [0.2, 0.25) is 5.91 Å². The van der Waals surface area contributed by atoms with Crippen molar-refractivity contribution in [2.75, 3.05) is 13.7 Å². The number of aliphatic hydroxyl groups is 1. The van der Waals surface area contributed by atoms with Crippen molar-refractivity contribution in [1.82, 2.24) is 5.32 Å². The summed E-state index contributed by atoms with van der Waals surface area (Å²) in [7, 11) is 1.63. The van der Waals surface area contributed by atoms with Gasteiger partial charge >= 0.3 is 0 Å². The van der Waals surface area contributed by atoms with E-state index in [0.717, 1.165) is 16.9 Å². The Kier molecular flexibility index (Phi) is 5.82. The van der Waals surface area contributed by atoms with Crippen LogP contribution < -0.4 is 10.1 Å². The maximum Gasteiger partial charge on any atom is 0.244 e. The van der Waals surface area contributed by atoms with Crippen LogP contribution in [-0.2, 0) is 16.8 Å². The molecule has 1 aromatic carbocycles. The van der Waals surface area contributed by atoms with Crippen molar-refractivity contribution >= 4 is 5.91 Å². The van der Waals surface area contributed by atoms with E-state index >= 15 is 0 Å². The number of allylic oxidation sites excluding steroid dienone is 1.